The number of rotatable bonds is 0. The Bertz CT molecular complexity index is 77.1. The van der Waals surface area contributed by atoms with Crippen LogP contribution < -0.4 is 5.32 Å². The Morgan fingerprint density at radius 1 is 1.44 bits per heavy atom. The molecule has 0 aliphatic carbocycles. The van der Waals surface area contributed by atoms with E-state index in [1.54, 1.807) is 0 Å². The van der Waals surface area contributed by atoms with Gasteiger partial charge in [-0.25, -0.2) is 0 Å². The first-order valence-corrected chi connectivity index (χ1v) is 3.03. The lowest BCUT2D eigenvalue weighted by atomic mass is 10.1. The maximum Gasteiger partial charge on any atom is 0.0643 e. The lowest BCUT2D eigenvalue weighted by Gasteiger charge is -2.30. The summed E-state index contributed by atoms with van der Waals surface area (Å²) in [5.74, 6) is 0. The molecule has 0 aromatic heterocycles. The second-order valence-corrected chi connectivity index (χ2v) is 2.86. The first-order chi connectivity index (χ1) is 3.71. The maximum absolute atomic E-state index is 5.22. The normalized spacial score (nSPS) is 24.7. The summed E-state index contributed by atoms with van der Waals surface area (Å²) in [6, 6.07) is 0. The Morgan fingerprint density at radius 2 is 2.11 bits per heavy atom. The van der Waals surface area contributed by atoms with Gasteiger partial charge in [0, 0.05) is 12.1 Å². The number of hydrogen-bond donors (Lipinski definition) is 1. The average molecular weight is 152 g/mol. The van der Waals surface area contributed by atoms with Crippen molar-refractivity contribution in [3.05, 3.63) is 0 Å². The Kier molecular flexibility index (Phi) is 3.48. The molecule has 0 bridgehead atoms. The van der Waals surface area contributed by atoms with Gasteiger partial charge in [0.25, 0.3) is 0 Å². The highest BCUT2D eigenvalue weighted by atomic mass is 35.5. The van der Waals surface area contributed by atoms with E-state index in [0.29, 0.717) is 0 Å². The fraction of sp³-hybridized carbons (Fsp3) is 1.00. The topological polar surface area (TPSA) is 21.3 Å². The minimum Gasteiger partial charge on any atom is -0.378 e. The van der Waals surface area contributed by atoms with Gasteiger partial charge in [-0.05, 0) is 13.8 Å². The first kappa shape index (κ1) is 9.21. The zero-order valence-corrected chi connectivity index (χ0v) is 6.75. The quantitative estimate of drug-likeness (QED) is 0.553. The van der Waals surface area contributed by atoms with Crippen LogP contribution in [0.15, 0.2) is 0 Å². The molecule has 1 rings (SSSR count). The van der Waals surface area contributed by atoms with Crippen molar-refractivity contribution in [3.8, 4) is 0 Å². The largest absolute Gasteiger partial charge is 0.378 e. The molecule has 1 aliphatic heterocycles. The summed E-state index contributed by atoms with van der Waals surface area (Å²) in [4.78, 5) is 0. The Hall–Kier alpha value is 0.210. The molecule has 0 radical (unpaired) electrons. The van der Waals surface area contributed by atoms with Gasteiger partial charge in [-0.2, -0.15) is 0 Å². The molecular formula is C6H14ClNO. The maximum atomic E-state index is 5.22. The van der Waals surface area contributed by atoms with Crippen molar-refractivity contribution < 1.29 is 4.74 Å². The van der Waals surface area contributed by atoms with Crippen molar-refractivity contribution in [2.24, 2.45) is 0 Å². The highest BCUT2D eigenvalue weighted by Crippen LogP contribution is 2.04. The van der Waals surface area contributed by atoms with Crippen molar-refractivity contribution in [2.75, 3.05) is 19.8 Å². The number of ether oxygens (including phenoxy) is 1. The standard InChI is InChI=1S/C6H13NO.ClH/c1-6(2)5-8-4-3-7-6;/h7H,3-5H2,1-2H3;1H. The first-order valence-electron chi connectivity index (χ1n) is 3.03. The minimum absolute atomic E-state index is 0. The van der Waals surface area contributed by atoms with Crippen LogP contribution in [0.3, 0.4) is 0 Å². The molecule has 0 atom stereocenters. The van der Waals surface area contributed by atoms with Crippen molar-refractivity contribution in [1.82, 2.24) is 5.32 Å². The van der Waals surface area contributed by atoms with Crippen LogP contribution in [0.25, 0.3) is 0 Å². The van der Waals surface area contributed by atoms with Crippen LogP contribution in [0.4, 0.5) is 0 Å². The molecule has 9 heavy (non-hydrogen) atoms. The summed E-state index contributed by atoms with van der Waals surface area (Å²) < 4.78 is 5.22. The highest BCUT2D eigenvalue weighted by Gasteiger charge is 2.19. The minimum atomic E-state index is 0. The van der Waals surface area contributed by atoms with Crippen molar-refractivity contribution in [1.29, 1.82) is 0 Å². The Morgan fingerprint density at radius 3 is 2.33 bits per heavy atom. The summed E-state index contributed by atoms with van der Waals surface area (Å²) in [7, 11) is 0. The van der Waals surface area contributed by atoms with Crippen LogP contribution in [0.5, 0.6) is 0 Å². The summed E-state index contributed by atoms with van der Waals surface area (Å²) in [6.45, 7) is 6.99. The van der Waals surface area contributed by atoms with E-state index in [-0.39, 0.29) is 17.9 Å². The molecular weight excluding hydrogens is 138 g/mol. The van der Waals surface area contributed by atoms with Crippen LogP contribution >= 0.6 is 12.4 Å². The van der Waals surface area contributed by atoms with Gasteiger partial charge in [0.15, 0.2) is 0 Å². The van der Waals surface area contributed by atoms with Gasteiger partial charge in [-0.1, -0.05) is 0 Å². The van der Waals surface area contributed by atoms with E-state index in [2.05, 4.69) is 19.2 Å². The van der Waals surface area contributed by atoms with E-state index in [4.69, 9.17) is 4.74 Å². The van der Waals surface area contributed by atoms with Gasteiger partial charge in [0.05, 0.1) is 13.2 Å². The summed E-state index contributed by atoms with van der Waals surface area (Å²) in [5, 5.41) is 3.33. The number of hydrogen-bond acceptors (Lipinski definition) is 2. The molecule has 1 N–H and O–H groups in total. The molecule has 1 heterocycles. The lowest BCUT2D eigenvalue weighted by Crippen LogP contribution is -2.49. The monoisotopic (exact) mass is 151 g/mol. The van der Waals surface area contributed by atoms with E-state index < -0.39 is 0 Å². The van der Waals surface area contributed by atoms with Gasteiger partial charge < -0.3 is 10.1 Å². The predicted octanol–water partition coefficient (Wildman–Crippen LogP) is 0.807. The third-order valence-corrected chi connectivity index (χ3v) is 1.31. The molecule has 1 saturated heterocycles. The second kappa shape index (κ2) is 3.40. The third-order valence-electron chi connectivity index (χ3n) is 1.31. The summed E-state index contributed by atoms with van der Waals surface area (Å²) >= 11 is 0. The number of morpholine rings is 1. The van der Waals surface area contributed by atoms with Crippen molar-refractivity contribution >= 4 is 12.4 Å². The highest BCUT2D eigenvalue weighted by molar-refractivity contribution is 5.85. The molecule has 0 aromatic carbocycles. The number of halogens is 1. The fourth-order valence-electron chi connectivity index (χ4n) is 0.840. The van der Waals surface area contributed by atoms with E-state index in [9.17, 15) is 0 Å². The van der Waals surface area contributed by atoms with E-state index in [0.717, 1.165) is 19.8 Å². The van der Waals surface area contributed by atoms with Gasteiger partial charge in [0.1, 0.15) is 0 Å². The van der Waals surface area contributed by atoms with Gasteiger partial charge in [-0.3, -0.25) is 0 Å². The predicted molar refractivity (Wildman–Crippen MR) is 40.1 cm³/mol. The molecule has 1 aliphatic rings. The van der Waals surface area contributed by atoms with Crippen LogP contribution in [0.1, 0.15) is 13.8 Å². The van der Waals surface area contributed by atoms with E-state index in [1.807, 2.05) is 0 Å². The molecule has 0 amide bonds. The Balaban J connectivity index is 0.000000640. The van der Waals surface area contributed by atoms with Crippen LogP contribution in [-0.4, -0.2) is 25.3 Å². The zero-order valence-electron chi connectivity index (χ0n) is 5.94. The molecule has 56 valence electrons. The van der Waals surface area contributed by atoms with Gasteiger partial charge in [-0.15, -0.1) is 12.4 Å². The van der Waals surface area contributed by atoms with Crippen LogP contribution in [-0.2, 0) is 4.74 Å². The molecule has 0 saturated carbocycles. The molecule has 2 nitrogen and oxygen atoms in total. The van der Waals surface area contributed by atoms with E-state index in [1.165, 1.54) is 0 Å². The third kappa shape index (κ3) is 3.04. The number of nitrogens with one attached hydrogen (secondary N) is 1. The van der Waals surface area contributed by atoms with Crippen molar-refractivity contribution in [3.63, 3.8) is 0 Å². The summed E-state index contributed by atoms with van der Waals surface area (Å²) in [5.41, 5.74) is 0.207. The molecule has 0 spiro atoms. The molecule has 0 unspecified atom stereocenters. The molecule has 3 heteroatoms. The van der Waals surface area contributed by atoms with E-state index >= 15 is 0 Å². The van der Waals surface area contributed by atoms with Crippen LogP contribution in [0, 0.1) is 0 Å². The smallest absolute Gasteiger partial charge is 0.0643 e. The Labute approximate surface area is 62.4 Å². The van der Waals surface area contributed by atoms with Gasteiger partial charge >= 0.3 is 0 Å². The SMILES string of the molecule is CC1(C)COCCN1.Cl. The fourth-order valence-corrected chi connectivity index (χ4v) is 0.840. The second-order valence-electron chi connectivity index (χ2n) is 2.86. The lowest BCUT2D eigenvalue weighted by molar-refractivity contribution is 0.0436. The van der Waals surface area contributed by atoms with Crippen molar-refractivity contribution in [2.45, 2.75) is 19.4 Å². The van der Waals surface area contributed by atoms with Crippen LogP contribution in [0.2, 0.25) is 0 Å². The van der Waals surface area contributed by atoms with Gasteiger partial charge in [0.2, 0.25) is 0 Å². The molecule has 0 aromatic rings. The average Bonchev–Trinajstić information content (AvgIpc) is 1.65. The molecule has 1 fully saturated rings. The zero-order chi connectivity index (χ0) is 6.04. The summed E-state index contributed by atoms with van der Waals surface area (Å²) in [6.07, 6.45) is 0.